The molecule has 2 aliphatic rings. The second-order valence-electron chi connectivity index (χ2n) is 5.96. The Hall–Kier alpha value is -2.35. The van der Waals surface area contributed by atoms with E-state index in [0.29, 0.717) is 25.1 Å². The maximum absolute atomic E-state index is 12.6. The number of nitrogens with zero attached hydrogens (tertiary/aromatic N) is 3. The highest BCUT2D eigenvalue weighted by atomic mass is 16.2. The third-order valence-corrected chi connectivity index (χ3v) is 4.86. The molecule has 2 heterocycles. The lowest BCUT2D eigenvalue weighted by molar-refractivity contribution is -0.122. The van der Waals surface area contributed by atoms with Crippen molar-refractivity contribution in [3.63, 3.8) is 0 Å². The van der Waals surface area contributed by atoms with E-state index in [1.54, 1.807) is 21.9 Å². The standard InChI is InChI=1S/C16H17N3O2/c1-10-11(2)13(5-4-12(10)8-17)18-9-16(3)14(20)6-7-19(16)15(18)21/h4-5H,6-7,9H2,1-3H3/t16-/m1/s1. The van der Waals surface area contributed by atoms with Crippen LogP contribution >= 0.6 is 0 Å². The first-order valence-electron chi connectivity index (χ1n) is 7.03. The van der Waals surface area contributed by atoms with Crippen molar-refractivity contribution in [3.05, 3.63) is 28.8 Å². The van der Waals surface area contributed by atoms with Gasteiger partial charge in [-0.2, -0.15) is 5.26 Å². The number of nitriles is 1. The smallest absolute Gasteiger partial charge is 0.310 e. The van der Waals surface area contributed by atoms with Crippen molar-refractivity contribution in [1.82, 2.24) is 4.90 Å². The quantitative estimate of drug-likeness (QED) is 0.793. The van der Waals surface area contributed by atoms with Crippen molar-refractivity contribution < 1.29 is 9.59 Å². The minimum absolute atomic E-state index is 0.115. The van der Waals surface area contributed by atoms with E-state index in [9.17, 15) is 9.59 Å². The summed E-state index contributed by atoms with van der Waals surface area (Å²) in [4.78, 5) is 28.0. The topological polar surface area (TPSA) is 64.4 Å². The van der Waals surface area contributed by atoms with Gasteiger partial charge in [0.1, 0.15) is 5.54 Å². The van der Waals surface area contributed by atoms with Gasteiger partial charge in [-0.25, -0.2) is 4.79 Å². The summed E-state index contributed by atoms with van der Waals surface area (Å²) in [6.07, 6.45) is 0.446. The number of anilines is 1. The van der Waals surface area contributed by atoms with Crippen LogP contribution in [0.3, 0.4) is 0 Å². The fraction of sp³-hybridized carbons (Fsp3) is 0.438. The lowest BCUT2D eigenvalue weighted by Gasteiger charge is -2.22. The van der Waals surface area contributed by atoms with Crippen LogP contribution in [0.15, 0.2) is 12.1 Å². The Morgan fingerprint density at radius 1 is 1.24 bits per heavy atom. The summed E-state index contributed by atoms with van der Waals surface area (Å²) in [5.74, 6) is 0.126. The largest absolute Gasteiger partial charge is 0.325 e. The molecule has 1 atom stereocenters. The summed E-state index contributed by atoms with van der Waals surface area (Å²) in [7, 11) is 0. The lowest BCUT2D eigenvalue weighted by Crippen LogP contribution is -2.43. The van der Waals surface area contributed by atoms with E-state index in [2.05, 4.69) is 6.07 Å². The first-order chi connectivity index (χ1) is 9.90. The highest BCUT2D eigenvalue weighted by Gasteiger charge is 2.55. The van der Waals surface area contributed by atoms with Gasteiger partial charge in [0.05, 0.1) is 18.2 Å². The average Bonchev–Trinajstić information content (AvgIpc) is 2.88. The minimum atomic E-state index is -0.703. The summed E-state index contributed by atoms with van der Waals surface area (Å²) in [6, 6.07) is 5.57. The fourth-order valence-electron chi connectivity index (χ4n) is 3.29. The van der Waals surface area contributed by atoms with E-state index in [-0.39, 0.29) is 11.8 Å². The molecule has 0 N–H and O–H groups in total. The summed E-state index contributed by atoms with van der Waals surface area (Å²) in [5.41, 5.74) is 2.50. The van der Waals surface area contributed by atoms with E-state index in [1.807, 2.05) is 20.8 Å². The molecule has 0 spiro atoms. The molecule has 3 rings (SSSR count). The molecule has 2 aliphatic heterocycles. The number of benzene rings is 1. The van der Waals surface area contributed by atoms with Crippen molar-refractivity contribution >= 4 is 17.5 Å². The third-order valence-electron chi connectivity index (χ3n) is 4.86. The van der Waals surface area contributed by atoms with E-state index in [0.717, 1.165) is 16.8 Å². The van der Waals surface area contributed by atoms with Gasteiger partial charge >= 0.3 is 6.03 Å². The predicted octanol–water partition coefficient (Wildman–Crippen LogP) is 2.15. The van der Waals surface area contributed by atoms with Crippen molar-refractivity contribution in [2.45, 2.75) is 32.7 Å². The Kier molecular flexibility index (Phi) is 2.80. The number of carbonyl (C=O) groups is 2. The van der Waals surface area contributed by atoms with Crippen LogP contribution in [0, 0.1) is 25.2 Å². The van der Waals surface area contributed by atoms with Crippen LogP contribution in [0.4, 0.5) is 10.5 Å². The van der Waals surface area contributed by atoms with Crippen molar-refractivity contribution in [3.8, 4) is 6.07 Å². The van der Waals surface area contributed by atoms with Gasteiger partial charge in [0.15, 0.2) is 5.78 Å². The van der Waals surface area contributed by atoms with Crippen molar-refractivity contribution in [2.75, 3.05) is 18.0 Å². The Balaban J connectivity index is 2.04. The molecule has 1 aromatic carbocycles. The van der Waals surface area contributed by atoms with Gasteiger partial charge in [-0.05, 0) is 44.0 Å². The third kappa shape index (κ3) is 1.69. The molecule has 0 saturated carbocycles. The number of amides is 2. The monoisotopic (exact) mass is 283 g/mol. The predicted molar refractivity (Wildman–Crippen MR) is 78.1 cm³/mol. The zero-order valence-corrected chi connectivity index (χ0v) is 12.4. The number of hydrogen-bond donors (Lipinski definition) is 0. The van der Waals surface area contributed by atoms with Crippen LogP contribution in [-0.2, 0) is 4.79 Å². The van der Waals surface area contributed by atoms with Gasteiger partial charge in [-0.3, -0.25) is 9.69 Å². The lowest BCUT2D eigenvalue weighted by atomic mass is 9.97. The maximum Gasteiger partial charge on any atom is 0.325 e. The molecule has 0 unspecified atom stereocenters. The number of fused-ring (bicyclic) bond motifs is 1. The minimum Gasteiger partial charge on any atom is -0.310 e. The molecule has 5 nitrogen and oxygen atoms in total. The van der Waals surface area contributed by atoms with E-state index < -0.39 is 5.54 Å². The number of rotatable bonds is 1. The highest BCUT2D eigenvalue weighted by molar-refractivity contribution is 6.05. The second kappa shape index (κ2) is 4.32. The number of carbonyl (C=O) groups excluding carboxylic acids is 2. The Labute approximate surface area is 123 Å². The fourth-order valence-corrected chi connectivity index (χ4v) is 3.29. The molecular formula is C16H17N3O2. The van der Waals surface area contributed by atoms with Crippen LogP contribution in [0.5, 0.6) is 0 Å². The Morgan fingerprint density at radius 2 is 1.95 bits per heavy atom. The van der Waals surface area contributed by atoms with Crippen LogP contribution in [0.25, 0.3) is 0 Å². The van der Waals surface area contributed by atoms with Gasteiger partial charge in [0.25, 0.3) is 0 Å². The molecule has 0 aromatic heterocycles. The normalized spacial score (nSPS) is 24.5. The molecule has 0 bridgehead atoms. The zero-order chi connectivity index (χ0) is 15.4. The summed E-state index contributed by atoms with van der Waals surface area (Å²) < 4.78 is 0. The molecule has 2 amide bonds. The zero-order valence-electron chi connectivity index (χ0n) is 12.4. The molecule has 1 aromatic rings. The number of urea groups is 1. The molecule has 21 heavy (non-hydrogen) atoms. The van der Waals surface area contributed by atoms with E-state index in [1.165, 1.54) is 0 Å². The van der Waals surface area contributed by atoms with Crippen LogP contribution in [0.1, 0.15) is 30.0 Å². The van der Waals surface area contributed by atoms with E-state index >= 15 is 0 Å². The Morgan fingerprint density at radius 3 is 2.57 bits per heavy atom. The Bertz CT molecular complexity index is 704. The van der Waals surface area contributed by atoms with E-state index in [4.69, 9.17) is 5.26 Å². The molecular weight excluding hydrogens is 266 g/mol. The van der Waals surface area contributed by atoms with Crippen molar-refractivity contribution in [2.24, 2.45) is 0 Å². The van der Waals surface area contributed by atoms with Crippen LogP contribution in [0.2, 0.25) is 0 Å². The molecule has 2 fully saturated rings. The SMILES string of the molecule is Cc1c(C#N)ccc(N2C[C@]3(C)C(=O)CCN3C2=O)c1C. The summed E-state index contributed by atoms with van der Waals surface area (Å²) in [6.45, 7) is 6.51. The van der Waals surface area contributed by atoms with Gasteiger partial charge in [-0.15, -0.1) is 0 Å². The molecule has 108 valence electrons. The summed E-state index contributed by atoms with van der Waals surface area (Å²) in [5, 5.41) is 9.07. The van der Waals surface area contributed by atoms with Crippen molar-refractivity contribution in [1.29, 1.82) is 5.26 Å². The molecule has 0 radical (unpaired) electrons. The second-order valence-corrected chi connectivity index (χ2v) is 5.96. The van der Waals surface area contributed by atoms with Gasteiger partial charge in [0.2, 0.25) is 0 Å². The van der Waals surface area contributed by atoms with Crippen LogP contribution < -0.4 is 4.90 Å². The van der Waals surface area contributed by atoms with Gasteiger partial charge in [0, 0.05) is 18.7 Å². The van der Waals surface area contributed by atoms with Gasteiger partial charge < -0.3 is 4.90 Å². The van der Waals surface area contributed by atoms with Crippen LogP contribution in [-0.4, -0.2) is 35.3 Å². The number of ketones is 1. The molecule has 0 aliphatic carbocycles. The molecule has 5 heteroatoms. The summed E-state index contributed by atoms with van der Waals surface area (Å²) >= 11 is 0. The number of Topliss-reactive ketones (excluding diaryl/α,β-unsaturated/α-hetero) is 1. The molecule has 2 saturated heterocycles. The number of hydrogen-bond acceptors (Lipinski definition) is 3. The average molecular weight is 283 g/mol. The van der Waals surface area contributed by atoms with Gasteiger partial charge in [-0.1, -0.05) is 0 Å². The highest BCUT2D eigenvalue weighted by Crippen LogP contribution is 2.38. The first-order valence-corrected chi connectivity index (χ1v) is 7.03. The maximum atomic E-state index is 12.6. The first kappa shape index (κ1) is 13.6.